The summed E-state index contributed by atoms with van der Waals surface area (Å²) in [5, 5.41) is 13.6. The van der Waals surface area contributed by atoms with Gasteiger partial charge in [-0.25, -0.2) is 0 Å². The number of carbonyl (C=O) groups excluding carboxylic acids is 1. The van der Waals surface area contributed by atoms with Gasteiger partial charge >= 0.3 is 0 Å². The molecule has 1 fully saturated rings. The second-order valence-electron chi connectivity index (χ2n) is 4.86. The molecule has 0 radical (unpaired) electrons. The zero-order chi connectivity index (χ0) is 15.1. The second kappa shape index (κ2) is 7.82. The number of nitro benzene ring substituents is 1. The summed E-state index contributed by atoms with van der Waals surface area (Å²) in [6, 6.07) is 5.68. The third-order valence-electron chi connectivity index (χ3n) is 3.39. The van der Waals surface area contributed by atoms with Crippen LogP contribution in [0.2, 0.25) is 0 Å². The van der Waals surface area contributed by atoms with Crippen LogP contribution in [0.15, 0.2) is 24.3 Å². The molecule has 0 amide bonds. The normalized spacial score (nSPS) is 15.8. The van der Waals surface area contributed by atoms with Crippen molar-refractivity contribution in [2.45, 2.75) is 0 Å². The highest BCUT2D eigenvalue weighted by atomic mass is 16.6. The minimum absolute atomic E-state index is 0.00757. The van der Waals surface area contributed by atoms with Gasteiger partial charge in [0, 0.05) is 43.9 Å². The number of carbonyl (C=O) groups is 1. The monoisotopic (exact) mass is 293 g/mol. The third-order valence-corrected chi connectivity index (χ3v) is 3.39. The zero-order valence-electron chi connectivity index (χ0n) is 11.8. The van der Waals surface area contributed by atoms with Crippen molar-refractivity contribution in [2.24, 2.45) is 0 Å². The fraction of sp³-hybridized carbons (Fsp3) is 0.500. The van der Waals surface area contributed by atoms with E-state index in [1.165, 1.54) is 24.3 Å². The van der Waals surface area contributed by atoms with E-state index >= 15 is 0 Å². The van der Waals surface area contributed by atoms with Crippen molar-refractivity contribution in [3.8, 4) is 0 Å². The van der Waals surface area contributed by atoms with Crippen LogP contribution in [0.3, 0.4) is 0 Å². The summed E-state index contributed by atoms with van der Waals surface area (Å²) in [6.45, 7) is 5.25. The molecule has 1 aromatic rings. The molecule has 2 rings (SSSR count). The average Bonchev–Trinajstić information content (AvgIpc) is 2.52. The third kappa shape index (κ3) is 4.89. The quantitative estimate of drug-likeness (QED) is 0.345. The number of rotatable bonds is 7. The topological polar surface area (TPSA) is 84.7 Å². The fourth-order valence-corrected chi connectivity index (χ4v) is 2.13. The average molecular weight is 293 g/mol. The molecule has 21 heavy (non-hydrogen) atoms. The number of benzene rings is 1. The van der Waals surface area contributed by atoms with E-state index in [-0.39, 0.29) is 18.0 Å². The maximum Gasteiger partial charge on any atom is 0.269 e. The molecule has 0 spiro atoms. The Labute approximate surface area is 123 Å². The maximum atomic E-state index is 11.9. The molecule has 0 aliphatic carbocycles. The van der Waals surface area contributed by atoms with Crippen LogP contribution >= 0.6 is 0 Å². The number of hydrogen-bond donors (Lipinski definition) is 1. The molecule has 1 aromatic carbocycles. The lowest BCUT2D eigenvalue weighted by Gasteiger charge is -2.26. The van der Waals surface area contributed by atoms with Crippen molar-refractivity contribution in [1.82, 2.24) is 10.2 Å². The first-order valence-electron chi connectivity index (χ1n) is 6.95. The zero-order valence-corrected chi connectivity index (χ0v) is 11.8. The van der Waals surface area contributed by atoms with Gasteiger partial charge in [0.05, 0.1) is 24.7 Å². The summed E-state index contributed by atoms with van der Waals surface area (Å²) in [7, 11) is 0. The number of morpholine rings is 1. The molecule has 1 aliphatic rings. The van der Waals surface area contributed by atoms with Gasteiger partial charge < -0.3 is 10.1 Å². The van der Waals surface area contributed by atoms with Gasteiger partial charge in [-0.15, -0.1) is 0 Å². The highest BCUT2D eigenvalue weighted by Crippen LogP contribution is 2.12. The smallest absolute Gasteiger partial charge is 0.269 e. The largest absolute Gasteiger partial charge is 0.379 e. The van der Waals surface area contributed by atoms with Gasteiger partial charge in [-0.3, -0.25) is 19.8 Å². The molecule has 1 aliphatic heterocycles. The lowest BCUT2D eigenvalue weighted by Crippen LogP contribution is -2.41. The van der Waals surface area contributed by atoms with Crippen LogP contribution < -0.4 is 5.32 Å². The Hall–Kier alpha value is -1.83. The first-order chi connectivity index (χ1) is 10.2. The highest BCUT2D eigenvalue weighted by Gasteiger charge is 2.11. The molecule has 114 valence electrons. The minimum atomic E-state index is -0.477. The number of nitro groups is 1. The predicted octanol–water partition coefficient (Wildman–Crippen LogP) is 0.699. The minimum Gasteiger partial charge on any atom is -0.379 e. The molecule has 1 heterocycles. The van der Waals surface area contributed by atoms with Crippen molar-refractivity contribution in [3.63, 3.8) is 0 Å². The van der Waals surface area contributed by atoms with Crippen LogP contribution in [-0.2, 0) is 4.74 Å². The molecule has 0 atom stereocenters. The van der Waals surface area contributed by atoms with Crippen molar-refractivity contribution in [2.75, 3.05) is 45.9 Å². The predicted molar refractivity (Wildman–Crippen MR) is 77.6 cm³/mol. The van der Waals surface area contributed by atoms with E-state index in [0.717, 1.165) is 39.4 Å². The Morgan fingerprint density at radius 1 is 1.29 bits per heavy atom. The Morgan fingerprint density at radius 3 is 2.57 bits per heavy atom. The summed E-state index contributed by atoms with van der Waals surface area (Å²) >= 11 is 0. The molecule has 7 heteroatoms. The molecule has 7 nitrogen and oxygen atoms in total. The first-order valence-corrected chi connectivity index (χ1v) is 6.95. The second-order valence-corrected chi connectivity index (χ2v) is 4.86. The molecule has 1 N–H and O–H groups in total. The van der Waals surface area contributed by atoms with Crippen molar-refractivity contribution < 1.29 is 14.5 Å². The number of ketones is 1. The molecule has 0 bridgehead atoms. The van der Waals surface area contributed by atoms with E-state index in [2.05, 4.69) is 10.2 Å². The van der Waals surface area contributed by atoms with E-state index in [4.69, 9.17) is 4.74 Å². The number of nitrogens with zero attached hydrogens (tertiary/aromatic N) is 2. The van der Waals surface area contributed by atoms with Gasteiger partial charge in [0.1, 0.15) is 0 Å². The summed E-state index contributed by atoms with van der Waals surface area (Å²) in [5.74, 6) is -0.0631. The van der Waals surface area contributed by atoms with E-state index in [1.54, 1.807) is 0 Å². The van der Waals surface area contributed by atoms with Crippen LogP contribution in [-0.4, -0.2) is 61.5 Å². The molecule has 0 saturated carbocycles. The number of ether oxygens (including phenoxy) is 1. The van der Waals surface area contributed by atoms with Crippen LogP contribution in [0.4, 0.5) is 5.69 Å². The molecule has 1 saturated heterocycles. The van der Waals surface area contributed by atoms with Gasteiger partial charge in [0.25, 0.3) is 5.69 Å². The summed E-state index contributed by atoms with van der Waals surface area (Å²) in [4.78, 5) is 24.3. The van der Waals surface area contributed by atoms with Crippen molar-refractivity contribution in [1.29, 1.82) is 0 Å². The number of nitrogens with one attached hydrogen (secondary N) is 1. The van der Waals surface area contributed by atoms with Crippen LogP contribution in [0.5, 0.6) is 0 Å². The summed E-state index contributed by atoms with van der Waals surface area (Å²) in [6.07, 6.45) is 0. The standard InChI is InChI=1S/C14H19N3O4/c18-14(12-1-3-13(4-2-12)17(19)20)11-15-5-6-16-7-9-21-10-8-16/h1-4,15H,5-11H2. The molecular weight excluding hydrogens is 274 g/mol. The van der Waals surface area contributed by atoms with Gasteiger partial charge in [-0.1, -0.05) is 0 Å². The lowest BCUT2D eigenvalue weighted by atomic mass is 10.1. The van der Waals surface area contributed by atoms with Crippen molar-refractivity contribution >= 4 is 11.5 Å². The number of hydrogen-bond acceptors (Lipinski definition) is 6. The Kier molecular flexibility index (Phi) is 5.79. The molecule has 0 unspecified atom stereocenters. The number of non-ortho nitro benzene ring substituents is 1. The number of Topliss-reactive ketones (excluding diaryl/α,β-unsaturated/α-hetero) is 1. The highest BCUT2D eigenvalue weighted by molar-refractivity contribution is 5.97. The van der Waals surface area contributed by atoms with Gasteiger partial charge in [0.2, 0.25) is 0 Å². The van der Waals surface area contributed by atoms with Gasteiger partial charge in [-0.05, 0) is 12.1 Å². The molecule has 0 aromatic heterocycles. The van der Waals surface area contributed by atoms with E-state index in [1.807, 2.05) is 0 Å². The SMILES string of the molecule is O=C(CNCCN1CCOCC1)c1ccc([N+](=O)[O-])cc1. The van der Waals surface area contributed by atoms with Crippen LogP contribution in [0.25, 0.3) is 0 Å². The maximum absolute atomic E-state index is 11.9. The van der Waals surface area contributed by atoms with E-state index in [0.29, 0.717) is 5.56 Å². The Balaban J connectivity index is 1.70. The summed E-state index contributed by atoms with van der Waals surface area (Å²) < 4.78 is 5.26. The Bertz CT molecular complexity index is 483. The van der Waals surface area contributed by atoms with Gasteiger partial charge in [0.15, 0.2) is 5.78 Å². The fourth-order valence-electron chi connectivity index (χ4n) is 2.13. The van der Waals surface area contributed by atoms with Crippen molar-refractivity contribution in [3.05, 3.63) is 39.9 Å². The van der Waals surface area contributed by atoms with Gasteiger partial charge in [-0.2, -0.15) is 0 Å². The molecular formula is C14H19N3O4. The van der Waals surface area contributed by atoms with Crippen LogP contribution in [0.1, 0.15) is 10.4 Å². The van der Waals surface area contributed by atoms with E-state index < -0.39 is 4.92 Å². The van der Waals surface area contributed by atoms with Crippen LogP contribution in [0, 0.1) is 10.1 Å². The first kappa shape index (κ1) is 15.6. The van der Waals surface area contributed by atoms with E-state index in [9.17, 15) is 14.9 Å². The Morgan fingerprint density at radius 2 is 1.95 bits per heavy atom. The lowest BCUT2D eigenvalue weighted by molar-refractivity contribution is -0.384. The summed E-state index contributed by atoms with van der Waals surface area (Å²) in [5.41, 5.74) is 0.478.